The number of nitrogens with zero attached hydrogens (tertiary/aromatic N) is 6. The first kappa shape index (κ1) is 21.9. The number of fused-ring (bicyclic) bond motifs is 3. The Hall–Kier alpha value is -2.88. The summed E-state index contributed by atoms with van der Waals surface area (Å²) in [6.07, 6.45) is 0. The molecule has 0 saturated carbocycles. The Morgan fingerprint density at radius 3 is 2.52 bits per heavy atom. The number of halogens is 1. The molecule has 174 valence electrons. The van der Waals surface area contributed by atoms with Crippen molar-refractivity contribution in [1.82, 2.24) is 28.0 Å². The van der Waals surface area contributed by atoms with E-state index in [1.165, 1.54) is 9.13 Å². The predicted molar refractivity (Wildman–Crippen MR) is 128 cm³/mol. The second-order valence-corrected chi connectivity index (χ2v) is 8.97. The van der Waals surface area contributed by atoms with Gasteiger partial charge in [0.1, 0.15) is 0 Å². The molecular weight excluding hydrogens is 444 g/mol. The lowest BCUT2D eigenvalue weighted by molar-refractivity contribution is 0.0361. The fourth-order valence-corrected chi connectivity index (χ4v) is 4.81. The number of hydrogen-bond acceptors (Lipinski definition) is 5. The van der Waals surface area contributed by atoms with E-state index in [1.807, 2.05) is 47.9 Å². The van der Waals surface area contributed by atoms with Gasteiger partial charge in [-0.15, -0.1) is 0 Å². The zero-order valence-electron chi connectivity index (χ0n) is 19.3. The number of ether oxygens (including phenoxy) is 1. The van der Waals surface area contributed by atoms with E-state index in [0.29, 0.717) is 48.3 Å². The first-order chi connectivity index (χ1) is 15.8. The highest BCUT2D eigenvalue weighted by Gasteiger charge is 2.24. The monoisotopic (exact) mass is 470 g/mol. The molecule has 4 aromatic rings. The number of aryl methyl sites for hydroxylation is 2. The third kappa shape index (κ3) is 3.34. The van der Waals surface area contributed by atoms with Crippen LogP contribution < -0.4 is 11.2 Å². The van der Waals surface area contributed by atoms with Crippen LogP contribution in [0.2, 0.25) is 5.02 Å². The molecule has 1 aliphatic heterocycles. The molecule has 0 radical (unpaired) electrons. The number of benzene rings is 1. The summed E-state index contributed by atoms with van der Waals surface area (Å²) < 4.78 is 12.0. The molecule has 4 heterocycles. The summed E-state index contributed by atoms with van der Waals surface area (Å²) in [6.45, 7) is 9.79. The van der Waals surface area contributed by atoms with Crippen molar-refractivity contribution in [3.05, 3.63) is 61.0 Å². The van der Waals surface area contributed by atoms with Crippen molar-refractivity contribution in [3.63, 3.8) is 0 Å². The molecule has 9 nitrogen and oxygen atoms in total. The van der Waals surface area contributed by atoms with E-state index in [2.05, 4.69) is 4.90 Å². The van der Waals surface area contributed by atoms with Crippen LogP contribution in [-0.4, -0.2) is 60.8 Å². The molecule has 33 heavy (non-hydrogen) atoms. The Labute approximate surface area is 195 Å². The van der Waals surface area contributed by atoms with Crippen molar-refractivity contribution >= 4 is 28.5 Å². The maximum atomic E-state index is 13.6. The molecule has 0 bridgehead atoms. The summed E-state index contributed by atoms with van der Waals surface area (Å²) in [5.74, 6) is 0.586. The minimum absolute atomic E-state index is 0.320. The fraction of sp³-hybridized carbons (Fsp3) is 0.435. The highest BCUT2D eigenvalue weighted by atomic mass is 35.5. The molecule has 0 unspecified atom stereocenters. The molecule has 1 saturated heterocycles. The van der Waals surface area contributed by atoms with Gasteiger partial charge in [-0.05, 0) is 38.5 Å². The van der Waals surface area contributed by atoms with Gasteiger partial charge in [0.2, 0.25) is 5.78 Å². The molecule has 3 aromatic heterocycles. The van der Waals surface area contributed by atoms with Crippen LogP contribution in [0.1, 0.15) is 17.0 Å². The number of hydrogen-bond donors (Lipinski definition) is 0. The van der Waals surface area contributed by atoms with Crippen molar-refractivity contribution in [3.8, 4) is 5.69 Å². The van der Waals surface area contributed by atoms with Gasteiger partial charge in [0.15, 0.2) is 11.2 Å². The number of aromatic nitrogens is 5. The van der Waals surface area contributed by atoms with Gasteiger partial charge in [0.05, 0.1) is 18.9 Å². The van der Waals surface area contributed by atoms with Gasteiger partial charge in [-0.3, -0.25) is 27.8 Å². The Kier molecular flexibility index (Phi) is 5.43. The topological polar surface area (TPSA) is 78.7 Å². The van der Waals surface area contributed by atoms with Crippen molar-refractivity contribution in [1.29, 1.82) is 0 Å². The normalized spacial score (nSPS) is 15.2. The lowest BCUT2D eigenvalue weighted by Crippen LogP contribution is -2.44. The third-order valence-electron chi connectivity index (χ3n) is 6.74. The largest absolute Gasteiger partial charge is 0.379 e. The molecule has 10 heteroatoms. The second kappa shape index (κ2) is 8.16. The number of morpholine rings is 1. The number of rotatable bonds is 4. The Bertz CT molecular complexity index is 1500. The maximum Gasteiger partial charge on any atom is 0.332 e. The molecule has 0 spiro atoms. The predicted octanol–water partition coefficient (Wildman–Crippen LogP) is 2.05. The van der Waals surface area contributed by atoms with Gasteiger partial charge in [-0.25, -0.2) is 4.79 Å². The van der Waals surface area contributed by atoms with Crippen LogP contribution in [0, 0.1) is 20.8 Å². The lowest BCUT2D eigenvalue weighted by Gasteiger charge is -2.26. The average Bonchev–Trinajstić information content (AvgIpc) is 3.31. The van der Waals surface area contributed by atoms with E-state index >= 15 is 0 Å². The minimum atomic E-state index is -0.360. The van der Waals surface area contributed by atoms with E-state index in [0.717, 1.165) is 35.7 Å². The van der Waals surface area contributed by atoms with Crippen LogP contribution in [0.5, 0.6) is 0 Å². The summed E-state index contributed by atoms with van der Waals surface area (Å²) in [6, 6.07) is 5.72. The Balaban J connectivity index is 1.73. The van der Waals surface area contributed by atoms with Gasteiger partial charge < -0.3 is 4.74 Å². The van der Waals surface area contributed by atoms with Gasteiger partial charge in [0, 0.05) is 49.6 Å². The van der Waals surface area contributed by atoms with E-state index < -0.39 is 0 Å². The molecule has 0 atom stereocenters. The quantitative estimate of drug-likeness (QED) is 0.456. The summed E-state index contributed by atoms with van der Waals surface area (Å²) >= 11 is 6.39. The summed E-state index contributed by atoms with van der Waals surface area (Å²) in [7, 11) is 1.67. The lowest BCUT2D eigenvalue weighted by atomic mass is 10.2. The van der Waals surface area contributed by atoms with Gasteiger partial charge in [-0.1, -0.05) is 17.7 Å². The van der Waals surface area contributed by atoms with Gasteiger partial charge >= 0.3 is 5.69 Å². The number of imidazole rings is 2. The highest BCUT2D eigenvalue weighted by Crippen LogP contribution is 2.29. The smallest absolute Gasteiger partial charge is 0.332 e. The van der Waals surface area contributed by atoms with Crippen molar-refractivity contribution in [2.45, 2.75) is 27.3 Å². The van der Waals surface area contributed by atoms with Crippen LogP contribution in [0.25, 0.3) is 22.6 Å². The first-order valence-electron chi connectivity index (χ1n) is 11.1. The average molecular weight is 471 g/mol. The molecule has 0 N–H and O–H groups in total. The highest BCUT2D eigenvalue weighted by molar-refractivity contribution is 6.31. The zero-order chi connectivity index (χ0) is 23.4. The minimum Gasteiger partial charge on any atom is -0.379 e. The zero-order valence-corrected chi connectivity index (χ0v) is 20.0. The molecule has 0 aliphatic carbocycles. The fourth-order valence-electron chi connectivity index (χ4n) is 4.64. The van der Waals surface area contributed by atoms with Crippen LogP contribution in [-0.2, 0) is 18.3 Å². The van der Waals surface area contributed by atoms with Crippen LogP contribution in [0.15, 0.2) is 27.8 Å². The second-order valence-electron chi connectivity index (χ2n) is 8.56. The molecule has 1 fully saturated rings. The van der Waals surface area contributed by atoms with E-state index in [9.17, 15) is 9.59 Å². The van der Waals surface area contributed by atoms with Gasteiger partial charge in [0.25, 0.3) is 5.56 Å². The molecule has 1 aromatic carbocycles. The standard InChI is InChI=1S/C23H27ClN6O3/c1-14-17(24)6-5-7-18(14)29-15(2)16(3)30-19-20(25-22(29)30)26(4)23(32)28(21(19)31)9-8-27-10-12-33-13-11-27/h5-7H,8-13H2,1-4H3. The van der Waals surface area contributed by atoms with Crippen molar-refractivity contribution in [2.24, 2.45) is 7.05 Å². The molecular formula is C23H27ClN6O3. The SMILES string of the molecule is Cc1c(Cl)cccc1-n1c(C)c(C)n2c3c(=O)n(CCN4CCOCC4)c(=O)n(C)c3nc12. The van der Waals surface area contributed by atoms with Crippen LogP contribution in [0.4, 0.5) is 0 Å². The van der Waals surface area contributed by atoms with E-state index in [1.54, 1.807) is 7.05 Å². The maximum absolute atomic E-state index is 13.6. The summed E-state index contributed by atoms with van der Waals surface area (Å²) in [5.41, 5.74) is 3.76. The summed E-state index contributed by atoms with van der Waals surface area (Å²) in [5, 5.41) is 0.658. The van der Waals surface area contributed by atoms with Crippen molar-refractivity contribution in [2.75, 3.05) is 32.8 Å². The van der Waals surface area contributed by atoms with Crippen molar-refractivity contribution < 1.29 is 4.74 Å². The molecule has 0 amide bonds. The Morgan fingerprint density at radius 2 is 1.79 bits per heavy atom. The first-order valence-corrected chi connectivity index (χ1v) is 11.4. The van der Waals surface area contributed by atoms with E-state index in [-0.39, 0.29) is 11.2 Å². The van der Waals surface area contributed by atoms with E-state index in [4.69, 9.17) is 21.3 Å². The van der Waals surface area contributed by atoms with Crippen LogP contribution >= 0.6 is 11.6 Å². The third-order valence-corrected chi connectivity index (χ3v) is 7.15. The Morgan fingerprint density at radius 1 is 1.06 bits per heavy atom. The summed E-state index contributed by atoms with van der Waals surface area (Å²) in [4.78, 5) is 33.7. The molecule has 5 rings (SSSR count). The van der Waals surface area contributed by atoms with Gasteiger partial charge in [-0.2, -0.15) is 4.98 Å². The van der Waals surface area contributed by atoms with Crippen LogP contribution in [0.3, 0.4) is 0 Å². The molecule has 1 aliphatic rings.